The molecule has 202 valence electrons. The number of hydrogen-bond donors (Lipinski definition) is 3. The zero-order valence-corrected chi connectivity index (χ0v) is 23.0. The summed E-state index contributed by atoms with van der Waals surface area (Å²) in [5.41, 5.74) is 1.24. The maximum absolute atomic E-state index is 13.7. The van der Waals surface area contributed by atoms with Crippen molar-refractivity contribution in [2.24, 2.45) is 5.92 Å². The number of carbonyl (C=O) groups is 2. The molecule has 3 aliphatic rings. The van der Waals surface area contributed by atoms with E-state index in [0.29, 0.717) is 22.8 Å². The van der Waals surface area contributed by atoms with Crippen LogP contribution in [0.5, 0.6) is 17.2 Å². The smallest absolute Gasteiger partial charge is 0.247 e. The lowest BCUT2D eigenvalue weighted by Gasteiger charge is -2.43. The van der Waals surface area contributed by atoms with Crippen molar-refractivity contribution >= 4 is 34.4 Å². The lowest BCUT2D eigenvalue weighted by atomic mass is 9.82. The van der Waals surface area contributed by atoms with Gasteiger partial charge in [-0.05, 0) is 71.3 Å². The molecule has 10 heteroatoms. The summed E-state index contributed by atoms with van der Waals surface area (Å²) in [6, 6.07) is 12.3. The minimum absolute atomic E-state index is 0.0389. The van der Waals surface area contributed by atoms with E-state index >= 15 is 0 Å². The molecule has 2 aliphatic carbocycles. The predicted octanol–water partition coefficient (Wildman–Crippen LogP) is 2.76. The third-order valence-corrected chi connectivity index (χ3v) is 8.13. The number of carbonyl (C=O) groups excluding carboxylic acids is 2. The number of nitrogens with zero attached hydrogens (tertiary/aromatic N) is 1. The van der Waals surface area contributed by atoms with E-state index in [1.54, 1.807) is 17.0 Å². The van der Waals surface area contributed by atoms with Gasteiger partial charge in [0.25, 0.3) is 0 Å². The fourth-order valence-electron chi connectivity index (χ4n) is 4.95. The topological polar surface area (TPSA) is 118 Å². The van der Waals surface area contributed by atoms with Crippen LogP contribution in [0.4, 0.5) is 0 Å². The number of fused-ring (bicyclic) bond motifs is 1. The lowest BCUT2D eigenvalue weighted by molar-refractivity contribution is -0.146. The monoisotopic (exact) mass is 634 g/mol. The van der Waals surface area contributed by atoms with Gasteiger partial charge in [-0.25, -0.2) is 0 Å². The standard InChI is InChI=1S/C28H31IN2O7/c29-20-6-1-2-7-22(20)38-25-14-19(27(34)30-10-11-32)13-21(26(25)33)31(28(35)18-4-3-5-18)15-17-8-9-23-24(12-17)37-16-36-23/h1-2,6-9,12,14,18,21,25-26,32-33H,3-5,10-11,13,15-16H2,(H,30,34). The molecular weight excluding hydrogens is 603 g/mol. The largest absolute Gasteiger partial charge is 0.482 e. The minimum atomic E-state index is -1.07. The number of benzene rings is 2. The molecule has 1 fully saturated rings. The second-order valence-electron chi connectivity index (χ2n) is 9.73. The summed E-state index contributed by atoms with van der Waals surface area (Å²) in [6.07, 6.45) is 2.47. The van der Waals surface area contributed by atoms with Gasteiger partial charge in [-0.2, -0.15) is 0 Å². The Morgan fingerprint density at radius 2 is 1.92 bits per heavy atom. The van der Waals surface area contributed by atoms with Crippen LogP contribution in [0.15, 0.2) is 54.1 Å². The van der Waals surface area contributed by atoms with Gasteiger partial charge >= 0.3 is 0 Å². The van der Waals surface area contributed by atoms with Crippen molar-refractivity contribution in [1.29, 1.82) is 0 Å². The molecule has 0 saturated heterocycles. The number of ether oxygens (including phenoxy) is 3. The summed E-state index contributed by atoms with van der Waals surface area (Å²) in [5, 5.41) is 23.5. The average molecular weight is 634 g/mol. The van der Waals surface area contributed by atoms with Crippen LogP contribution in [-0.4, -0.2) is 65.1 Å². The van der Waals surface area contributed by atoms with E-state index in [9.17, 15) is 19.8 Å². The van der Waals surface area contributed by atoms with Crippen LogP contribution < -0.4 is 19.5 Å². The maximum atomic E-state index is 13.7. The molecule has 0 spiro atoms. The summed E-state index contributed by atoms with van der Waals surface area (Å²) in [6.45, 7) is 0.311. The maximum Gasteiger partial charge on any atom is 0.247 e. The Balaban J connectivity index is 1.47. The summed E-state index contributed by atoms with van der Waals surface area (Å²) in [4.78, 5) is 28.4. The van der Waals surface area contributed by atoms with Gasteiger partial charge in [-0.15, -0.1) is 0 Å². The summed E-state index contributed by atoms with van der Waals surface area (Å²) in [5.74, 6) is 1.35. The molecule has 1 heterocycles. The van der Waals surface area contributed by atoms with Crippen molar-refractivity contribution in [2.45, 2.75) is 50.5 Å². The van der Waals surface area contributed by atoms with E-state index in [4.69, 9.17) is 14.2 Å². The van der Waals surface area contributed by atoms with E-state index in [2.05, 4.69) is 27.9 Å². The number of aliphatic hydroxyl groups is 2. The third kappa shape index (κ3) is 5.76. The van der Waals surface area contributed by atoms with Crippen molar-refractivity contribution in [3.8, 4) is 17.2 Å². The fraction of sp³-hybridized carbons (Fsp3) is 0.429. The Kier molecular flexibility index (Phi) is 8.39. The Hall–Kier alpha value is -2.83. The molecule has 0 aromatic heterocycles. The van der Waals surface area contributed by atoms with Gasteiger partial charge < -0.3 is 34.6 Å². The molecule has 38 heavy (non-hydrogen) atoms. The zero-order valence-electron chi connectivity index (χ0n) is 20.8. The number of nitrogens with one attached hydrogen (secondary N) is 1. The van der Waals surface area contributed by atoms with Crippen LogP contribution in [-0.2, 0) is 16.1 Å². The molecule has 3 unspecified atom stereocenters. The quantitative estimate of drug-likeness (QED) is 0.364. The highest BCUT2D eigenvalue weighted by Gasteiger charge is 2.43. The van der Waals surface area contributed by atoms with E-state index in [-0.39, 0.29) is 50.6 Å². The number of para-hydroxylation sites is 1. The molecule has 2 aromatic rings. The van der Waals surface area contributed by atoms with E-state index < -0.39 is 18.2 Å². The highest BCUT2D eigenvalue weighted by atomic mass is 127. The molecule has 9 nitrogen and oxygen atoms in total. The fourth-order valence-corrected chi connectivity index (χ4v) is 5.47. The van der Waals surface area contributed by atoms with Gasteiger partial charge in [0, 0.05) is 31.0 Å². The van der Waals surface area contributed by atoms with Crippen LogP contribution >= 0.6 is 22.6 Å². The van der Waals surface area contributed by atoms with Gasteiger partial charge in [-0.3, -0.25) is 9.59 Å². The van der Waals surface area contributed by atoms with Crippen molar-refractivity contribution in [3.63, 3.8) is 0 Å². The highest BCUT2D eigenvalue weighted by molar-refractivity contribution is 14.1. The first-order valence-electron chi connectivity index (χ1n) is 12.8. The normalized spacial score (nSPS) is 22.3. The van der Waals surface area contributed by atoms with Gasteiger partial charge in [0.1, 0.15) is 18.0 Å². The molecule has 1 saturated carbocycles. The Morgan fingerprint density at radius 3 is 2.66 bits per heavy atom. The first-order chi connectivity index (χ1) is 18.4. The second-order valence-corrected chi connectivity index (χ2v) is 10.9. The first-order valence-corrected chi connectivity index (χ1v) is 13.9. The van der Waals surface area contributed by atoms with Crippen LogP contribution in [0, 0.1) is 9.49 Å². The van der Waals surface area contributed by atoms with Crippen LogP contribution in [0.1, 0.15) is 31.2 Å². The third-order valence-electron chi connectivity index (χ3n) is 7.24. The van der Waals surface area contributed by atoms with Gasteiger partial charge in [0.15, 0.2) is 11.5 Å². The summed E-state index contributed by atoms with van der Waals surface area (Å²) < 4.78 is 18.0. The number of hydrogen-bond acceptors (Lipinski definition) is 7. The van der Waals surface area contributed by atoms with Crippen molar-refractivity contribution in [1.82, 2.24) is 10.2 Å². The average Bonchev–Trinajstić information content (AvgIpc) is 3.35. The van der Waals surface area contributed by atoms with Gasteiger partial charge in [0.05, 0.1) is 16.2 Å². The Morgan fingerprint density at radius 1 is 1.13 bits per heavy atom. The molecule has 2 amide bonds. The zero-order chi connectivity index (χ0) is 26.6. The second kappa shape index (κ2) is 11.9. The van der Waals surface area contributed by atoms with E-state index in [0.717, 1.165) is 28.4 Å². The molecule has 3 N–H and O–H groups in total. The Bertz CT molecular complexity index is 1220. The van der Waals surface area contributed by atoms with Crippen LogP contribution in [0.3, 0.4) is 0 Å². The molecule has 5 rings (SSSR count). The van der Waals surface area contributed by atoms with Crippen molar-refractivity contribution in [2.75, 3.05) is 19.9 Å². The number of rotatable bonds is 9. The van der Waals surface area contributed by atoms with Gasteiger partial charge in [0.2, 0.25) is 18.6 Å². The lowest BCUT2D eigenvalue weighted by Crippen LogP contribution is -2.56. The highest BCUT2D eigenvalue weighted by Crippen LogP contribution is 2.37. The molecular formula is C28H31IN2O7. The van der Waals surface area contributed by atoms with Gasteiger partial charge in [-0.1, -0.05) is 24.6 Å². The number of halogens is 1. The van der Waals surface area contributed by atoms with Crippen molar-refractivity contribution in [3.05, 3.63) is 63.2 Å². The molecule has 0 bridgehead atoms. The molecule has 3 atom stereocenters. The Labute approximate surface area is 234 Å². The SMILES string of the molecule is O=C(NCCO)C1=CC(Oc2ccccc2I)C(O)C(N(Cc2ccc3c(c2)OCO3)C(=O)C2CCC2)C1. The van der Waals surface area contributed by atoms with Crippen LogP contribution in [0.25, 0.3) is 0 Å². The van der Waals surface area contributed by atoms with Crippen molar-refractivity contribution < 1.29 is 34.0 Å². The molecule has 2 aromatic carbocycles. The number of amides is 2. The summed E-state index contributed by atoms with van der Waals surface area (Å²) in [7, 11) is 0. The summed E-state index contributed by atoms with van der Waals surface area (Å²) >= 11 is 2.16. The van der Waals surface area contributed by atoms with Crippen LogP contribution in [0.2, 0.25) is 0 Å². The van der Waals surface area contributed by atoms with E-state index in [1.807, 2.05) is 36.4 Å². The minimum Gasteiger partial charge on any atom is -0.482 e. The molecule has 1 aliphatic heterocycles. The molecule has 0 radical (unpaired) electrons. The first kappa shape index (κ1) is 26.8. The predicted molar refractivity (Wildman–Crippen MR) is 147 cm³/mol. The van der Waals surface area contributed by atoms with E-state index in [1.165, 1.54) is 0 Å². The number of aliphatic hydroxyl groups excluding tert-OH is 2.